The molecule has 2 rings (SSSR count). The standard InChI is InChI=1S/C19H28N4O3/c1-5-21-11-12-23(19(26)18(21)25)14-17(24)22(6-2)13-15-7-9-16(10-8-15)20(3)4/h7-10H,5-6,11-14H2,1-4H3. The second-order valence-electron chi connectivity index (χ2n) is 6.58. The zero-order valence-corrected chi connectivity index (χ0v) is 16.1. The molecule has 1 heterocycles. The lowest BCUT2D eigenvalue weighted by Gasteiger charge is -2.34. The van der Waals surface area contributed by atoms with Gasteiger partial charge < -0.3 is 19.6 Å². The van der Waals surface area contributed by atoms with Gasteiger partial charge in [0.1, 0.15) is 6.54 Å². The number of rotatable bonds is 7. The normalized spacial score (nSPS) is 14.6. The summed E-state index contributed by atoms with van der Waals surface area (Å²) in [7, 11) is 3.96. The highest BCUT2D eigenvalue weighted by atomic mass is 16.2. The van der Waals surface area contributed by atoms with Crippen LogP contribution in [0.1, 0.15) is 19.4 Å². The monoisotopic (exact) mass is 360 g/mol. The maximum atomic E-state index is 12.6. The molecular formula is C19H28N4O3. The van der Waals surface area contributed by atoms with Gasteiger partial charge in [0.25, 0.3) is 0 Å². The van der Waals surface area contributed by atoms with Crippen molar-refractivity contribution in [3.8, 4) is 0 Å². The van der Waals surface area contributed by atoms with Crippen LogP contribution in [0.25, 0.3) is 0 Å². The third-order valence-electron chi connectivity index (χ3n) is 4.67. The molecule has 1 aromatic rings. The lowest BCUT2D eigenvalue weighted by Crippen LogP contribution is -2.56. The van der Waals surface area contributed by atoms with Crippen LogP contribution in [0.3, 0.4) is 0 Å². The molecule has 0 unspecified atom stereocenters. The summed E-state index contributed by atoms with van der Waals surface area (Å²) in [5.74, 6) is -1.25. The Labute approximate surface area is 155 Å². The van der Waals surface area contributed by atoms with Crippen molar-refractivity contribution in [1.82, 2.24) is 14.7 Å². The second kappa shape index (κ2) is 8.69. The first kappa shape index (κ1) is 19.8. The van der Waals surface area contributed by atoms with Gasteiger partial charge >= 0.3 is 11.8 Å². The van der Waals surface area contributed by atoms with Crippen LogP contribution in [0.2, 0.25) is 0 Å². The zero-order chi connectivity index (χ0) is 19.3. The highest BCUT2D eigenvalue weighted by molar-refractivity contribution is 6.35. The molecule has 7 heteroatoms. The minimum Gasteiger partial charge on any atom is -0.378 e. The second-order valence-corrected chi connectivity index (χ2v) is 6.58. The van der Waals surface area contributed by atoms with Gasteiger partial charge in [-0.3, -0.25) is 14.4 Å². The summed E-state index contributed by atoms with van der Waals surface area (Å²) in [6, 6.07) is 8.03. The van der Waals surface area contributed by atoms with Gasteiger partial charge in [-0.05, 0) is 31.5 Å². The molecule has 0 spiro atoms. The molecule has 0 aliphatic carbocycles. The molecule has 0 bridgehead atoms. The molecule has 1 aliphatic heterocycles. The first-order valence-corrected chi connectivity index (χ1v) is 8.99. The van der Waals surface area contributed by atoms with E-state index < -0.39 is 11.8 Å². The average Bonchev–Trinajstić information content (AvgIpc) is 2.64. The molecule has 3 amide bonds. The number of likely N-dealkylation sites (N-methyl/N-ethyl adjacent to an activating group) is 2. The predicted octanol–water partition coefficient (Wildman–Crippen LogP) is 0.792. The Morgan fingerprint density at radius 1 is 1.00 bits per heavy atom. The van der Waals surface area contributed by atoms with E-state index in [0.717, 1.165) is 11.3 Å². The van der Waals surface area contributed by atoms with E-state index in [1.807, 2.05) is 57.1 Å². The van der Waals surface area contributed by atoms with Gasteiger partial charge in [-0.2, -0.15) is 0 Å². The Morgan fingerprint density at radius 2 is 1.58 bits per heavy atom. The topological polar surface area (TPSA) is 64.2 Å². The Balaban J connectivity index is 1.98. The fraction of sp³-hybridized carbons (Fsp3) is 0.526. The molecule has 1 aliphatic rings. The van der Waals surface area contributed by atoms with Gasteiger partial charge in [-0.25, -0.2) is 0 Å². The average molecular weight is 360 g/mol. The summed E-state index contributed by atoms with van der Waals surface area (Å²) in [5.41, 5.74) is 2.13. The molecule has 26 heavy (non-hydrogen) atoms. The van der Waals surface area contributed by atoms with E-state index in [2.05, 4.69) is 0 Å². The molecule has 1 aromatic carbocycles. The van der Waals surface area contributed by atoms with Crippen molar-refractivity contribution in [2.45, 2.75) is 20.4 Å². The van der Waals surface area contributed by atoms with Crippen LogP contribution in [0.15, 0.2) is 24.3 Å². The largest absolute Gasteiger partial charge is 0.378 e. The Hall–Kier alpha value is -2.57. The summed E-state index contributed by atoms with van der Waals surface area (Å²) in [5, 5.41) is 0. The Kier molecular flexibility index (Phi) is 6.60. The van der Waals surface area contributed by atoms with Crippen LogP contribution >= 0.6 is 0 Å². The Morgan fingerprint density at radius 3 is 2.12 bits per heavy atom. The first-order valence-electron chi connectivity index (χ1n) is 8.99. The number of amides is 3. The van der Waals surface area contributed by atoms with Crippen molar-refractivity contribution in [2.75, 3.05) is 51.7 Å². The van der Waals surface area contributed by atoms with Gasteiger partial charge in [0.15, 0.2) is 0 Å². The molecule has 0 atom stereocenters. The van der Waals surface area contributed by atoms with E-state index in [9.17, 15) is 14.4 Å². The van der Waals surface area contributed by atoms with Crippen LogP contribution in [0.5, 0.6) is 0 Å². The van der Waals surface area contributed by atoms with Crippen LogP contribution < -0.4 is 4.90 Å². The predicted molar refractivity (Wildman–Crippen MR) is 101 cm³/mol. The van der Waals surface area contributed by atoms with E-state index in [1.54, 1.807) is 4.90 Å². The zero-order valence-electron chi connectivity index (χ0n) is 16.1. The summed E-state index contributed by atoms with van der Waals surface area (Å²) in [4.78, 5) is 43.3. The van der Waals surface area contributed by atoms with Crippen molar-refractivity contribution in [3.05, 3.63) is 29.8 Å². The summed E-state index contributed by atoms with van der Waals surface area (Å²) >= 11 is 0. The van der Waals surface area contributed by atoms with Crippen LogP contribution in [0, 0.1) is 0 Å². The minimum absolute atomic E-state index is 0.0499. The third-order valence-corrected chi connectivity index (χ3v) is 4.67. The van der Waals surface area contributed by atoms with Crippen molar-refractivity contribution in [3.63, 3.8) is 0 Å². The third kappa shape index (κ3) is 4.53. The van der Waals surface area contributed by atoms with E-state index >= 15 is 0 Å². The maximum absolute atomic E-state index is 12.6. The Bertz CT molecular complexity index is 657. The van der Waals surface area contributed by atoms with Crippen molar-refractivity contribution in [2.24, 2.45) is 0 Å². The van der Waals surface area contributed by atoms with Gasteiger partial charge in [0.2, 0.25) is 5.91 Å². The molecule has 1 saturated heterocycles. The van der Waals surface area contributed by atoms with Crippen molar-refractivity contribution >= 4 is 23.4 Å². The lowest BCUT2D eigenvalue weighted by atomic mass is 10.2. The van der Waals surface area contributed by atoms with Crippen molar-refractivity contribution in [1.29, 1.82) is 0 Å². The number of hydrogen-bond donors (Lipinski definition) is 0. The smallest absolute Gasteiger partial charge is 0.312 e. The van der Waals surface area contributed by atoms with Crippen molar-refractivity contribution < 1.29 is 14.4 Å². The molecule has 142 valence electrons. The van der Waals surface area contributed by atoms with Gasteiger partial charge in [-0.15, -0.1) is 0 Å². The van der Waals surface area contributed by atoms with E-state index in [4.69, 9.17) is 0 Å². The first-order chi connectivity index (χ1) is 12.4. The van der Waals surface area contributed by atoms with Gasteiger partial charge in [0.05, 0.1) is 0 Å². The van der Waals surface area contributed by atoms with Gasteiger partial charge in [-0.1, -0.05) is 12.1 Å². The quantitative estimate of drug-likeness (QED) is 0.675. The number of carbonyl (C=O) groups excluding carboxylic acids is 3. The summed E-state index contributed by atoms with van der Waals surface area (Å²) in [6.45, 7) is 6.12. The number of hydrogen-bond acceptors (Lipinski definition) is 4. The molecule has 0 saturated carbocycles. The molecule has 0 N–H and O–H groups in total. The number of benzene rings is 1. The SMILES string of the molecule is CCN(Cc1ccc(N(C)C)cc1)C(=O)CN1CCN(CC)C(=O)C1=O. The fourth-order valence-corrected chi connectivity index (χ4v) is 2.93. The molecule has 0 aromatic heterocycles. The number of carbonyl (C=O) groups is 3. The van der Waals surface area contributed by atoms with E-state index in [0.29, 0.717) is 32.7 Å². The molecule has 7 nitrogen and oxygen atoms in total. The maximum Gasteiger partial charge on any atom is 0.312 e. The van der Waals surface area contributed by atoms with E-state index in [1.165, 1.54) is 9.80 Å². The lowest BCUT2D eigenvalue weighted by molar-refractivity contribution is -0.157. The van der Waals surface area contributed by atoms with Gasteiger partial charge in [0, 0.05) is 52.5 Å². The summed E-state index contributed by atoms with van der Waals surface area (Å²) in [6.07, 6.45) is 0. The summed E-state index contributed by atoms with van der Waals surface area (Å²) < 4.78 is 0. The molecular weight excluding hydrogens is 332 g/mol. The number of nitrogens with zero attached hydrogens (tertiary/aromatic N) is 4. The van der Waals surface area contributed by atoms with Crippen LogP contribution in [-0.4, -0.2) is 79.2 Å². The van der Waals surface area contributed by atoms with Crippen LogP contribution in [-0.2, 0) is 20.9 Å². The number of anilines is 1. The molecule has 1 fully saturated rings. The fourth-order valence-electron chi connectivity index (χ4n) is 2.93. The van der Waals surface area contributed by atoms with E-state index in [-0.39, 0.29) is 12.5 Å². The number of piperazine rings is 1. The highest BCUT2D eigenvalue weighted by Crippen LogP contribution is 2.14. The minimum atomic E-state index is -0.585. The highest BCUT2D eigenvalue weighted by Gasteiger charge is 2.33. The van der Waals surface area contributed by atoms with Crippen LogP contribution in [0.4, 0.5) is 5.69 Å². The molecule has 0 radical (unpaired) electrons.